The monoisotopic (exact) mass is 355 g/mol. The van der Waals surface area contributed by atoms with E-state index in [-0.39, 0.29) is 6.54 Å². The Kier molecular flexibility index (Phi) is 6.25. The van der Waals surface area contributed by atoms with Gasteiger partial charge in [0.2, 0.25) is 10.0 Å². The highest BCUT2D eigenvalue weighted by atomic mass is 32.2. The third kappa shape index (κ3) is 4.92. The Morgan fingerprint density at radius 2 is 1.75 bits per heavy atom. The van der Waals surface area contributed by atoms with Crippen molar-refractivity contribution in [3.05, 3.63) is 28.8 Å². The van der Waals surface area contributed by atoms with Crippen molar-refractivity contribution in [2.24, 2.45) is 0 Å². The van der Waals surface area contributed by atoms with Gasteiger partial charge < -0.3 is 10.4 Å². The van der Waals surface area contributed by atoms with Gasteiger partial charge in [0, 0.05) is 32.7 Å². The lowest BCUT2D eigenvalue weighted by molar-refractivity contribution is 0.111. The van der Waals surface area contributed by atoms with Gasteiger partial charge in [0.05, 0.1) is 24.6 Å². The third-order valence-corrected chi connectivity index (χ3v) is 5.47. The van der Waals surface area contributed by atoms with Crippen LogP contribution in [0.15, 0.2) is 12.1 Å². The van der Waals surface area contributed by atoms with Crippen LogP contribution in [0.5, 0.6) is 0 Å². The standard InChI is InChI=1S/C17H29N3O3S/c1-13-9-14(2)17(15(3)10-13)20(24(4,22)23)12-16(21)11-19-7-5-18-6-8-19/h9-10,16,18,21H,5-8,11-12H2,1-4H3. The Hall–Kier alpha value is -1.15. The largest absolute Gasteiger partial charge is 0.390 e. The van der Waals surface area contributed by atoms with Gasteiger partial charge in [0.25, 0.3) is 0 Å². The summed E-state index contributed by atoms with van der Waals surface area (Å²) < 4.78 is 26.0. The van der Waals surface area contributed by atoms with Crippen molar-refractivity contribution < 1.29 is 13.5 Å². The van der Waals surface area contributed by atoms with E-state index in [0.29, 0.717) is 12.2 Å². The van der Waals surface area contributed by atoms with Crippen LogP contribution in [0.4, 0.5) is 5.69 Å². The number of aliphatic hydroxyl groups excluding tert-OH is 1. The Labute approximate surface area is 145 Å². The molecule has 1 fully saturated rings. The number of rotatable bonds is 6. The van der Waals surface area contributed by atoms with E-state index in [1.54, 1.807) is 0 Å². The minimum Gasteiger partial charge on any atom is -0.390 e. The summed E-state index contributed by atoms with van der Waals surface area (Å²) in [7, 11) is -3.47. The summed E-state index contributed by atoms with van der Waals surface area (Å²) in [6.45, 7) is 9.93. The molecular formula is C17H29N3O3S. The maximum Gasteiger partial charge on any atom is 0.232 e. The first-order chi connectivity index (χ1) is 11.2. The molecule has 0 saturated carbocycles. The van der Waals surface area contributed by atoms with E-state index in [2.05, 4.69) is 10.2 Å². The van der Waals surface area contributed by atoms with E-state index in [1.165, 1.54) is 10.6 Å². The number of benzene rings is 1. The van der Waals surface area contributed by atoms with E-state index in [4.69, 9.17) is 0 Å². The molecule has 1 atom stereocenters. The van der Waals surface area contributed by atoms with Crippen molar-refractivity contribution in [1.29, 1.82) is 0 Å². The molecule has 136 valence electrons. The van der Waals surface area contributed by atoms with Crippen LogP contribution in [0, 0.1) is 20.8 Å². The number of β-amino-alcohol motifs (C(OH)–C–C–N with tert-alkyl or cyclic N) is 1. The van der Waals surface area contributed by atoms with Gasteiger partial charge in [0.15, 0.2) is 0 Å². The highest BCUT2D eigenvalue weighted by molar-refractivity contribution is 7.92. The molecule has 1 aromatic rings. The van der Waals surface area contributed by atoms with E-state index < -0.39 is 16.1 Å². The van der Waals surface area contributed by atoms with Gasteiger partial charge in [-0.2, -0.15) is 0 Å². The molecule has 1 heterocycles. The van der Waals surface area contributed by atoms with Crippen molar-refractivity contribution in [1.82, 2.24) is 10.2 Å². The molecule has 0 spiro atoms. The molecule has 0 radical (unpaired) electrons. The van der Waals surface area contributed by atoms with E-state index in [9.17, 15) is 13.5 Å². The van der Waals surface area contributed by atoms with E-state index >= 15 is 0 Å². The molecular weight excluding hydrogens is 326 g/mol. The van der Waals surface area contributed by atoms with Crippen molar-refractivity contribution in [2.75, 3.05) is 49.8 Å². The number of aliphatic hydroxyl groups is 1. The fourth-order valence-corrected chi connectivity index (χ4v) is 4.46. The number of sulfonamides is 1. The fourth-order valence-electron chi connectivity index (χ4n) is 3.40. The summed E-state index contributed by atoms with van der Waals surface area (Å²) in [4.78, 5) is 2.16. The Bertz CT molecular complexity index is 647. The average Bonchev–Trinajstić information content (AvgIpc) is 2.45. The third-order valence-electron chi connectivity index (χ3n) is 4.34. The minimum atomic E-state index is -3.47. The molecule has 24 heavy (non-hydrogen) atoms. The van der Waals surface area contributed by atoms with Gasteiger partial charge in [0.1, 0.15) is 0 Å². The van der Waals surface area contributed by atoms with Crippen LogP contribution >= 0.6 is 0 Å². The summed E-state index contributed by atoms with van der Waals surface area (Å²) in [5.74, 6) is 0. The molecule has 6 nitrogen and oxygen atoms in total. The van der Waals surface area contributed by atoms with Crippen LogP contribution in [-0.4, -0.2) is 70.1 Å². The quantitative estimate of drug-likeness (QED) is 0.784. The maximum atomic E-state index is 12.3. The Balaban J connectivity index is 2.20. The normalized spacial score (nSPS) is 17.7. The molecule has 0 amide bonds. The van der Waals surface area contributed by atoms with Gasteiger partial charge >= 0.3 is 0 Å². The topological polar surface area (TPSA) is 72.9 Å². The van der Waals surface area contributed by atoms with Crippen LogP contribution in [0.3, 0.4) is 0 Å². The maximum absolute atomic E-state index is 12.3. The van der Waals surface area contributed by atoms with Crippen LogP contribution < -0.4 is 9.62 Å². The summed E-state index contributed by atoms with van der Waals surface area (Å²) in [5, 5.41) is 13.7. The Morgan fingerprint density at radius 3 is 2.25 bits per heavy atom. The minimum absolute atomic E-state index is 0.0769. The van der Waals surface area contributed by atoms with E-state index in [0.717, 1.165) is 42.9 Å². The predicted molar refractivity (Wildman–Crippen MR) is 98.2 cm³/mol. The molecule has 1 saturated heterocycles. The highest BCUT2D eigenvalue weighted by Gasteiger charge is 2.25. The number of piperazine rings is 1. The molecule has 0 aromatic heterocycles. The van der Waals surface area contributed by atoms with E-state index in [1.807, 2.05) is 32.9 Å². The zero-order valence-corrected chi connectivity index (χ0v) is 15.9. The summed E-state index contributed by atoms with van der Waals surface area (Å²) in [6, 6.07) is 3.95. The highest BCUT2D eigenvalue weighted by Crippen LogP contribution is 2.28. The first-order valence-corrected chi connectivity index (χ1v) is 10.2. The van der Waals surface area contributed by atoms with Crippen LogP contribution in [0.25, 0.3) is 0 Å². The molecule has 1 unspecified atom stereocenters. The molecule has 1 aromatic carbocycles. The lowest BCUT2D eigenvalue weighted by atomic mass is 10.0. The number of aryl methyl sites for hydroxylation is 3. The predicted octanol–water partition coefficient (Wildman–Crippen LogP) is 0.644. The van der Waals surface area contributed by atoms with Crippen molar-refractivity contribution in [3.8, 4) is 0 Å². The molecule has 2 rings (SSSR count). The molecule has 0 aliphatic carbocycles. The molecule has 2 N–H and O–H groups in total. The van der Waals surface area contributed by atoms with Crippen LogP contribution in [0.2, 0.25) is 0 Å². The SMILES string of the molecule is Cc1cc(C)c(N(CC(O)CN2CCNCC2)S(C)(=O)=O)c(C)c1. The van der Waals surface area contributed by atoms with Gasteiger partial charge in [-0.05, 0) is 31.9 Å². The Morgan fingerprint density at radius 1 is 1.21 bits per heavy atom. The zero-order valence-electron chi connectivity index (χ0n) is 15.0. The van der Waals surface area contributed by atoms with Crippen molar-refractivity contribution >= 4 is 15.7 Å². The van der Waals surface area contributed by atoms with Gasteiger partial charge in [-0.25, -0.2) is 8.42 Å². The van der Waals surface area contributed by atoms with Crippen molar-refractivity contribution in [2.45, 2.75) is 26.9 Å². The fraction of sp³-hybridized carbons (Fsp3) is 0.647. The second-order valence-corrected chi connectivity index (χ2v) is 8.65. The first-order valence-electron chi connectivity index (χ1n) is 8.35. The molecule has 7 heteroatoms. The lowest BCUT2D eigenvalue weighted by Gasteiger charge is -2.32. The molecule has 1 aliphatic rings. The molecule has 0 bridgehead atoms. The summed E-state index contributed by atoms with van der Waals surface area (Å²) in [6.07, 6.45) is 0.474. The zero-order chi connectivity index (χ0) is 17.9. The van der Waals surface area contributed by atoms with Gasteiger partial charge in [-0.15, -0.1) is 0 Å². The smallest absolute Gasteiger partial charge is 0.232 e. The number of hydrogen-bond donors (Lipinski definition) is 2. The number of hydrogen-bond acceptors (Lipinski definition) is 5. The van der Waals surface area contributed by atoms with Crippen molar-refractivity contribution in [3.63, 3.8) is 0 Å². The number of nitrogens with one attached hydrogen (secondary N) is 1. The van der Waals surface area contributed by atoms with Gasteiger partial charge in [-0.1, -0.05) is 17.7 Å². The van der Waals surface area contributed by atoms with Gasteiger partial charge in [-0.3, -0.25) is 9.21 Å². The lowest BCUT2D eigenvalue weighted by Crippen LogP contribution is -2.49. The van der Waals surface area contributed by atoms with Crippen LogP contribution in [-0.2, 0) is 10.0 Å². The second kappa shape index (κ2) is 7.82. The first kappa shape index (κ1) is 19.2. The van der Waals surface area contributed by atoms with Crippen LogP contribution in [0.1, 0.15) is 16.7 Å². The molecule has 1 aliphatic heterocycles. The second-order valence-electron chi connectivity index (χ2n) is 6.75. The number of nitrogens with zero attached hydrogens (tertiary/aromatic N) is 2. The summed E-state index contributed by atoms with van der Waals surface area (Å²) in [5.41, 5.74) is 3.60. The number of anilines is 1. The average molecular weight is 356 g/mol. The summed E-state index contributed by atoms with van der Waals surface area (Å²) >= 11 is 0.